The minimum atomic E-state index is -3.74. The predicted molar refractivity (Wildman–Crippen MR) is 129 cm³/mol. The zero-order valence-electron chi connectivity index (χ0n) is 16.9. The third kappa shape index (κ3) is 5.21. The van der Waals surface area contributed by atoms with Gasteiger partial charge in [-0.2, -0.15) is 0 Å². The number of aromatic nitrogens is 2. The molecule has 0 atom stereocenters. The third-order valence-corrected chi connectivity index (χ3v) is 7.17. The molecule has 0 aliphatic carbocycles. The largest absolute Gasteiger partial charge is 0.287 e. The summed E-state index contributed by atoms with van der Waals surface area (Å²) in [6.07, 6.45) is 0.537. The average Bonchev–Trinajstić information content (AvgIpc) is 2.77. The molecule has 0 saturated carbocycles. The predicted octanol–water partition coefficient (Wildman–Crippen LogP) is 4.23. The number of fused-ring (bicyclic) bond motifs is 1. The molecule has 0 fully saturated rings. The van der Waals surface area contributed by atoms with Crippen LogP contribution >= 0.6 is 23.4 Å². The Morgan fingerprint density at radius 3 is 2.44 bits per heavy atom. The SMILES string of the molecule is NS(=O)(=O)c1ccc(CCn2c(SCc3cccc(Cl)c3)nc3ccccc3c2=O)cc1. The van der Waals surface area contributed by atoms with Gasteiger partial charge in [0.15, 0.2) is 5.16 Å². The molecule has 4 rings (SSSR count). The van der Waals surface area contributed by atoms with E-state index in [0.717, 1.165) is 11.1 Å². The van der Waals surface area contributed by atoms with Crippen LogP contribution < -0.4 is 10.7 Å². The highest BCUT2D eigenvalue weighted by Gasteiger charge is 2.13. The van der Waals surface area contributed by atoms with E-state index in [0.29, 0.717) is 39.8 Å². The number of aryl methyl sites for hydroxylation is 1. The molecule has 1 aromatic heterocycles. The van der Waals surface area contributed by atoms with Crippen molar-refractivity contribution in [2.45, 2.75) is 28.8 Å². The number of benzene rings is 3. The summed E-state index contributed by atoms with van der Waals surface area (Å²) >= 11 is 7.57. The van der Waals surface area contributed by atoms with E-state index in [1.807, 2.05) is 42.5 Å². The molecule has 2 N–H and O–H groups in total. The van der Waals surface area contributed by atoms with Crippen molar-refractivity contribution in [1.29, 1.82) is 0 Å². The second-order valence-electron chi connectivity index (χ2n) is 7.23. The Labute approximate surface area is 195 Å². The number of para-hydroxylation sites is 1. The fourth-order valence-corrected chi connectivity index (χ4v) is 5.01. The van der Waals surface area contributed by atoms with E-state index in [4.69, 9.17) is 21.7 Å². The number of hydrogen-bond donors (Lipinski definition) is 1. The minimum Gasteiger partial charge on any atom is -0.287 e. The quantitative estimate of drug-likeness (QED) is 0.312. The van der Waals surface area contributed by atoms with E-state index in [2.05, 4.69) is 0 Å². The van der Waals surface area contributed by atoms with Gasteiger partial charge in [0.1, 0.15) is 0 Å². The minimum absolute atomic E-state index is 0.0588. The molecule has 4 aromatic rings. The van der Waals surface area contributed by atoms with Crippen molar-refractivity contribution in [3.63, 3.8) is 0 Å². The summed E-state index contributed by atoms with van der Waals surface area (Å²) in [5, 5.41) is 7.00. The molecule has 1 heterocycles. The lowest BCUT2D eigenvalue weighted by Crippen LogP contribution is -2.24. The van der Waals surface area contributed by atoms with Gasteiger partial charge in [0.25, 0.3) is 5.56 Å². The van der Waals surface area contributed by atoms with Gasteiger partial charge in [0, 0.05) is 17.3 Å². The lowest BCUT2D eigenvalue weighted by molar-refractivity contribution is 0.594. The van der Waals surface area contributed by atoms with E-state index in [9.17, 15) is 13.2 Å². The monoisotopic (exact) mass is 485 g/mol. The zero-order valence-corrected chi connectivity index (χ0v) is 19.3. The first kappa shape index (κ1) is 22.5. The number of hydrogen-bond acceptors (Lipinski definition) is 5. The van der Waals surface area contributed by atoms with E-state index in [-0.39, 0.29) is 10.5 Å². The topological polar surface area (TPSA) is 95.1 Å². The summed E-state index contributed by atoms with van der Waals surface area (Å²) < 4.78 is 24.6. The standard InChI is InChI=1S/C23H20ClN3O3S2/c24-18-5-3-4-17(14-18)15-31-23-26-21-7-2-1-6-20(21)22(28)27(23)13-12-16-8-10-19(11-9-16)32(25,29)30/h1-11,14H,12-13,15H2,(H2,25,29,30). The summed E-state index contributed by atoms with van der Waals surface area (Å²) in [5.74, 6) is 0.619. The summed E-state index contributed by atoms with van der Waals surface area (Å²) in [6.45, 7) is 0.406. The Morgan fingerprint density at radius 1 is 0.969 bits per heavy atom. The van der Waals surface area contributed by atoms with Crippen molar-refractivity contribution >= 4 is 44.3 Å². The van der Waals surface area contributed by atoms with Crippen LogP contribution in [0, 0.1) is 0 Å². The van der Waals surface area contributed by atoms with Gasteiger partial charge >= 0.3 is 0 Å². The first-order chi connectivity index (χ1) is 15.3. The molecule has 0 saturated heterocycles. The number of rotatable bonds is 7. The highest BCUT2D eigenvalue weighted by atomic mass is 35.5. The van der Waals surface area contributed by atoms with Gasteiger partial charge in [0.2, 0.25) is 10.0 Å². The van der Waals surface area contributed by atoms with Crippen molar-refractivity contribution in [3.05, 3.63) is 99.3 Å². The Kier molecular flexibility index (Phi) is 6.66. The molecule has 0 bridgehead atoms. The number of halogens is 1. The number of nitrogens with zero attached hydrogens (tertiary/aromatic N) is 2. The maximum atomic E-state index is 13.2. The maximum absolute atomic E-state index is 13.2. The summed E-state index contributed by atoms with van der Waals surface area (Å²) in [7, 11) is -3.74. The molecule has 0 unspecified atom stereocenters. The molecule has 0 aliphatic heterocycles. The normalized spacial score (nSPS) is 11.7. The number of nitrogens with two attached hydrogens (primary N) is 1. The van der Waals surface area contributed by atoms with Crippen LogP contribution in [0.2, 0.25) is 5.02 Å². The lowest BCUT2D eigenvalue weighted by atomic mass is 10.1. The Morgan fingerprint density at radius 2 is 1.72 bits per heavy atom. The zero-order chi connectivity index (χ0) is 22.7. The van der Waals surface area contributed by atoms with Crippen LogP contribution in [-0.4, -0.2) is 18.0 Å². The van der Waals surface area contributed by atoms with Crippen LogP contribution in [0.4, 0.5) is 0 Å². The van der Waals surface area contributed by atoms with Gasteiger partial charge in [0.05, 0.1) is 15.8 Å². The van der Waals surface area contributed by atoms with Crippen LogP contribution in [0.1, 0.15) is 11.1 Å². The van der Waals surface area contributed by atoms with Gasteiger partial charge in [-0.25, -0.2) is 18.5 Å². The number of primary sulfonamides is 1. The molecule has 164 valence electrons. The van der Waals surface area contributed by atoms with E-state index >= 15 is 0 Å². The van der Waals surface area contributed by atoms with Crippen LogP contribution in [0.25, 0.3) is 10.9 Å². The molecule has 3 aromatic carbocycles. The fraction of sp³-hybridized carbons (Fsp3) is 0.130. The first-order valence-corrected chi connectivity index (χ1v) is 12.7. The Hall–Kier alpha value is -2.65. The average molecular weight is 486 g/mol. The molecule has 0 amide bonds. The molecule has 0 aliphatic rings. The van der Waals surface area contributed by atoms with E-state index in [1.54, 1.807) is 22.8 Å². The van der Waals surface area contributed by atoms with Crippen molar-refractivity contribution in [2.24, 2.45) is 5.14 Å². The molecule has 9 heteroatoms. The lowest BCUT2D eigenvalue weighted by Gasteiger charge is -2.13. The summed E-state index contributed by atoms with van der Waals surface area (Å²) in [4.78, 5) is 18.0. The van der Waals surface area contributed by atoms with Crippen LogP contribution in [-0.2, 0) is 28.7 Å². The molecule has 0 spiro atoms. The van der Waals surface area contributed by atoms with Gasteiger partial charge < -0.3 is 0 Å². The van der Waals surface area contributed by atoms with Crippen LogP contribution in [0.15, 0.2) is 87.6 Å². The van der Waals surface area contributed by atoms with Crippen molar-refractivity contribution in [1.82, 2.24) is 9.55 Å². The highest BCUT2D eigenvalue weighted by molar-refractivity contribution is 7.98. The van der Waals surface area contributed by atoms with Crippen molar-refractivity contribution in [2.75, 3.05) is 0 Å². The molecule has 0 radical (unpaired) electrons. The van der Waals surface area contributed by atoms with Crippen molar-refractivity contribution in [3.8, 4) is 0 Å². The van der Waals surface area contributed by atoms with Crippen LogP contribution in [0.5, 0.6) is 0 Å². The van der Waals surface area contributed by atoms with Crippen LogP contribution in [0.3, 0.4) is 0 Å². The molecule has 32 heavy (non-hydrogen) atoms. The fourth-order valence-electron chi connectivity index (χ4n) is 3.32. The van der Waals surface area contributed by atoms with Gasteiger partial charge in [-0.15, -0.1) is 0 Å². The number of thioether (sulfide) groups is 1. The third-order valence-electron chi connectivity index (χ3n) is 4.96. The summed E-state index contributed by atoms with van der Waals surface area (Å²) in [5.41, 5.74) is 2.48. The highest BCUT2D eigenvalue weighted by Crippen LogP contribution is 2.24. The molecular formula is C23H20ClN3O3S2. The van der Waals surface area contributed by atoms with Gasteiger partial charge in [-0.3, -0.25) is 9.36 Å². The summed E-state index contributed by atoms with van der Waals surface area (Å²) in [6, 6.07) is 21.2. The molecule has 6 nitrogen and oxygen atoms in total. The second kappa shape index (κ2) is 9.46. The molecular weight excluding hydrogens is 466 g/mol. The van der Waals surface area contributed by atoms with Gasteiger partial charge in [-0.05, 0) is 53.9 Å². The van der Waals surface area contributed by atoms with E-state index < -0.39 is 10.0 Å². The van der Waals surface area contributed by atoms with E-state index in [1.165, 1.54) is 23.9 Å². The Balaban J connectivity index is 1.63. The number of sulfonamides is 1. The Bertz CT molecular complexity index is 1440. The van der Waals surface area contributed by atoms with Gasteiger partial charge in [-0.1, -0.05) is 59.8 Å². The second-order valence-corrected chi connectivity index (χ2v) is 10.2. The smallest absolute Gasteiger partial charge is 0.262 e. The first-order valence-electron chi connectivity index (χ1n) is 9.80. The van der Waals surface area contributed by atoms with Crippen molar-refractivity contribution < 1.29 is 8.42 Å². The maximum Gasteiger partial charge on any atom is 0.262 e.